The zero-order chi connectivity index (χ0) is 17.0. The molecule has 3 aromatic rings. The summed E-state index contributed by atoms with van der Waals surface area (Å²) in [5.41, 5.74) is 3.36. The van der Waals surface area contributed by atoms with Gasteiger partial charge in [-0.15, -0.1) is 0 Å². The minimum Gasteiger partial charge on any atom is -0.217 e. The molecule has 2 aromatic carbocycles. The Morgan fingerprint density at radius 1 is 0.750 bits per heavy atom. The van der Waals surface area contributed by atoms with E-state index in [-0.39, 0.29) is 5.82 Å². The topological polar surface area (TPSA) is 38.7 Å². The Morgan fingerprint density at radius 2 is 1.42 bits per heavy atom. The first-order valence-electron chi connectivity index (χ1n) is 7.12. The first kappa shape index (κ1) is 16.9. The summed E-state index contributed by atoms with van der Waals surface area (Å²) in [6, 6.07) is 18.4. The van der Waals surface area contributed by atoms with Crippen molar-refractivity contribution in [1.29, 1.82) is 0 Å². The van der Waals surface area contributed by atoms with E-state index >= 15 is 0 Å². The number of hydrogen-bond acceptors (Lipinski definition) is 3. The predicted octanol–water partition coefficient (Wildman–Crippen LogP) is 5.54. The molecule has 0 spiro atoms. The highest BCUT2D eigenvalue weighted by molar-refractivity contribution is 6.66. The van der Waals surface area contributed by atoms with Gasteiger partial charge in [-0.3, -0.25) is 0 Å². The first-order chi connectivity index (χ1) is 11.5. The van der Waals surface area contributed by atoms with Crippen LogP contribution in [-0.2, 0) is 3.79 Å². The summed E-state index contributed by atoms with van der Waals surface area (Å²) in [5.74, 6) is 0.528. The SMILES string of the molecule is ClC(Cl)(Cl)c1ncnc(C=Cc2ccc(-c3ccccc3)cc2)n1. The standard InChI is InChI=1S/C18H12Cl3N3/c19-18(20,21)17-23-12-22-16(24-17)11-8-13-6-9-15(10-7-13)14-4-2-1-3-5-14/h1-12H. The van der Waals surface area contributed by atoms with E-state index < -0.39 is 3.79 Å². The van der Waals surface area contributed by atoms with Gasteiger partial charge in [0.15, 0.2) is 11.6 Å². The first-order valence-corrected chi connectivity index (χ1v) is 8.25. The largest absolute Gasteiger partial charge is 0.250 e. The zero-order valence-corrected chi connectivity index (χ0v) is 14.7. The number of nitrogens with zero attached hydrogens (tertiary/aromatic N) is 3. The van der Waals surface area contributed by atoms with Gasteiger partial charge in [-0.1, -0.05) is 95.5 Å². The Labute approximate surface area is 155 Å². The maximum absolute atomic E-state index is 5.78. The molecule has 0 N–H and O–H groups in total. The zero-order valence-electron chi connectivity index (χ0n) is 12.4. The van der Waals surface area contributed by atoms with Crippen LogP contribution in [0, 0.1) is 0 Å². The van der Waals surface area contributed by atoms with Crippen molar-refractivity contribution < 1.29 is 0 Å². The molecule has 0 radical (unpaired) electrons. The molecule has 0 atom stereocenters. The second-order valence-corrected chi connectivity index (χ2v) is 7.27. The van der Waals surface area contributed by atoms with Crippen LogP contribution in [0.5, 0.6) is 0 Å². The minimum absolute atomic E-state index is 0.0987. The Balaban J connectivity index is 1.78. The monoisotopic (exact) mass is 375 g/mol. The molecule has 0 bridgehead atoms. The van der Waals surface area contributed by atoms with E-state index in [1.807, 2.05) is 36.4 Å². The number of rotatable bonds is 3. The van der Waals surface area contributed by atoms with Gasteiger partial charge in [0.25, 0.3) is 0 Å². The molecule has 1 heterocycles. The summed E-state index contributed by atoms with van der Waals surface area (Å²) in [4.78, 5) is 12.0. The Kier molecular flexibility index (Phi) is 5.14. The second-order valence-electron chi connectivity index (χ2n) is 4.99. The van der Waals surface area contributed by atoms with Gasteiger partial charge in [-0.05, 0) is 22.8 Å². The number of halogens is 3. The molecule has 0 unspecified atom stereocenters. The molecule has 0 saturated heterocycles. The summed E-state index contributed by atoms with van der Waals surface area (Å²) in [7, 11) is 0. The van der Waals surface area contributed by atoms with Crippen LogP contribution in [-0.4, -0.2) is 15.0 Å². The number of alkyl halides is 3. The van der Waals surface area contributed by atoms with Crippen molar-refractivity contribution in [2.45, 2.75) is 3.79 Å². The lowest BCUT2D eigenvalue weighted by molar-refractivity contribution is 0.906. The molecule has 24 heavy (non-hydrogen) atoms. The maximum Gasteiger partial charge on any atom is 0.250 e. The van der Waals surface area contributed by atoms with Crippen molar-refractivity contribution in [2.75, 3.05) is 0 Å². The molecule has 0 fully saturated rings. The number of benzene rings is 2. The summed E-state index contributed by atoms with van der Waals surface area (Å²) < 4.78 is -1.66. The van der Waals surface area contributed by atoms with Crippen LogP contribution in [0.3, 0.4) is 0 Å². The van der Waals surface area contributed by atoms with Crippen LogP contribution < -0.4 is 0 Å². The predicted molar refractivity (Wildman–Crippen MR) is 99.9 cm³/mol. The van der Waals surface area contributed by atoms with Gasteiger partial charge in [-0.25, -0.2) is 15.0 Å². The maximum atomic E-state index is 5.78. The molecule has 0 aliphatic carbocycles. The van der Waals surface area contributed by atoms with Crippen LogP contribution in [0.2, 0.25) is 0 Å². The van der Waals surface area contributed by atoms with Crippen molar-refractivity contribution in [2.24, 2.45) is 0 Å². The van der Waals surface area contributed by atoms with E-state index in [9.17, 15) is 0 Å². The number of hydrogen-bond donors (Lipinski definition) is 0. The summed E-state index contributed by atoms with van der Waals surface area (Å²) in [6.45, 7) is 0. The lowest BCUT2D eigenvalue weighted by Gasteiger charge is -2.07. The van der Waals surface area contributed by atoms with Crippen molar-refractivity contribution in [3.63, 3.8) is 0 Å². The third-order valence-electron chi connectivity index (χ3n) is 3.29. The summed E-state index contributed by atoms with van der Waals surface area (Å²) >= 11 is 17.3. The van der Waals surface area contributed by atoms with Gasteiger partial charge in [0.2, 0.25) is 3.79 Å². The molecule has 0 aliphatic heterocycles. The van der Waals surface area contributed by atoms with Crippen molar-refractivity contribution in [3.05, 3.63) is 78.1 Å². The van der Waals surface area contributed by atoms with Crippen LogP contribution in [0.25, 0.3) is 23.3 Å². The van der Waals surface area contributed by atoms with E-state index in [0.717, 1.165) is 11.1 Å². The Hall–Kier alpha value is -1.94. The van der Waals surface area contributed by atoms with Crippen molar-refractivity contribution >= 4 is 47.0 Å². The lowest BCUT2D eigenvalue weighted by atomic mass is 10.0. The average Bonchev–Trinajstić information content (AvgIpc) is 2.61. The minimum atomic E-state index is -1.66. The average molecular weight is 377 g/mol. The van der Waals surface area contributed by atoms with E-state index in [0.29, 0.717) is 5.82 Å². The van der Waals surface area contributed by atoms with Gasteiger partial charge in [0.05, 0.1) is 0 Å². The fourth-order valence-corrected chi connectivity index (χ4v) is 2.39. The van der Waals surface area contributed by atoms with Gasteiger partial charge in [-0.2, -0.15) is 0 Å². The summed E-state index contributed by atoms with van der Waals surface area (Å²) in [5, 5.41) is 0. The van der Waals surface area contributed by atoms with Crippen LogP contribution in [0.1, 0.15) is 17.2 Å². The Morgan fingerprint density at radius 3 is 2.08 bits per heavy atom. The third-order valence-corrected chi connectivity index (χ3v) is 3.79. The highest BCUT2D eigenvalue weighted by Gasteiger charge is 2.26. The molecule has 0 amide bonds. The van der Waals surface area contributed by atoms with Crippen LogP contribution in [0.4, 0.5) is 0 Å². The van der Waals surface area contributed by atoms with Gasteiger partial charge >= 0.3 is 0 Å². The Bertz CT molecular complexity index is 841. The molecule has 0 aliphatic rings. The van der Waals surface area contributed by atoms with Gasteiger partial charge < -0.3 is 0 Å². The molecule has 3 nitrogen and oxygen atoms in total. The highest BCUT2D eigenvalue weighted by Crippen LogP contribution is 2.35. The smallest absolute Gasteiger partial charge is 0.217 e. The van der Waals surface area contributed by atoms with E-state index in [1.165, 1.54) is 11.9 Å². The van der Waals surface area contributed by atoms with E-state index in [4.69, 9.17) is 34.8 Å². The quantitative estimate of drug-likeness (QED) is 0.564. The fraction of sp³-hybridized carbons (Fsp3) is 0.0556. The van der Waals surface area contributed by atoms with Crippen molar-refractivity contribution in [1.82, 2.24) is 15.0 Å². The van der Waals surface area contributed by atoms with Crippen molar-refractivity contribution in [3.8, 4) is 11.1 Å². The molecule has 1 aromatic heterocycles. The molecular weight excluding hydrogens is 365 g/mol. The van der Waals surface area contributed by atoms with Crippen LogP contribution >= 0.6 is 34.8 Å². The molecule has 6 heteroatoms. The third kappa shape index (κ3) is 4.32. The molecule has 120 valence electrons. The van der Waals surface area contributed by atoms with Gasteiger partial charge in [0.1, 0.15) is 6.33 Å². The highest BCUT2D eigenvalue weighted by atomic mass is 35.6. The second kappa shape index (κ2) is 7.31. The van der Waals surface area contributed by atoms with Crippen LogP contribution in [0.15, 0.2) is 60.9 Å². The number of aromatic nitrogens is 3. The molecular formula is C18H12Cl3N3. The summed E-state index contributed by atoms with van der Waals surface area (Å²) in [6.07, 6.45) is 4.97. The normalized spacial score (nSPS) is 11.8. The fourth-order valence-electron chi connectivity index (χ4n) is 2.11. The lowest BCUT2D eigenvalue weighted by Crippen LogP contribution is -2.08. The van der Waals surface area contributed by atoms with E-state index in [1.54, 1.807) is 6.08 Å². The molecule has 3 rings (SSSR count). The van der Waals surface area contributed by atoms with E-state index in [2.05, 4.69) is 39.2 Å². The van der Waals surface area contributed by atoms with Gasteiger partial charge in [0, 0.05) is 0 Å². The molecule has 0 saturated carbocycles.